The number of aromatic hydroxyl groups is 1. The quantitative estimate of drug-likeness (QED) is 0.0350. The molecular weight excluding hydrogens is 997 g/mol. The third-order valence-electron chi connectivity index (χ3n) is 13.1. The van der Waals surface area contributed by atoms with E-state index in [9.17, 15) is 58.5 Å². The number of nitrogens with zero attached hydrogens (tertiary/aromatic N) is 2. The first-order valence-electron chi connectivity index (χ1n) is 25.3. The van der Waals surface area contributed by atoms with Gasteiger partial charge in [0.25, 0.3) is 5.91 Å². The first kappa shape index (κ1) is 63.2. The highest BCUT2D eigenvalue weighted by Gasteiger charge is 2.37. The Kier molecular flexibility index (Phi) is 25.5. The Bertz CT molecular complexity index is 2500. The fourth-order valence-electron chi connectivity index (χ4n) is 8.20. The summed E-state index contributed by atoms with van der Waals surface area (Å²) < 4.78 is 5.82. The van der Waals surface area contributed by atoms with Gasteiger partial charge in [-0.25, -0.2) is 9.59 Å². The summed E-state index contributed by atoms with van der Waals surface area (Å²) in [7, 11) is 2.81. The highest BCUT2D eigenvalue weighted by Crippen LogP contribution is 2.19. The van der Waals surface area contributed by atoms with E-state index in [1.54, 1.807) is 32.2 Å². The topological polar surface area (TPSA) is 363 Å². The zero-order chi connectivity index (χ0) is 57.5. The second kappa shape index (κ2) is 31.1. The van der Waals surface area contributed by atoms with Crippen LogP contribution < -0.4 is 43.4 Å². The predicted octanol–water partition coefficient (Wildman–Crippen LogP) is 1.30. The number of rotatable bonds is 17. The van der Waals surface area contributed by atoms with Crippen LogP contribution in [0, 0.1) is 17.8 Å². The van der Waals surface area contributed by atoms with Crippen molar-refractivity contribution in [3.8, 4) is 5.75 Å². The SMILES string of the molecule is C=C1C(=O)N[C@H](C)C(=O)N[C@@H](CCCc2ccc(O)cc2)C(=O)N[C@@H](C(=O)O)[C@H](C)C(=O)N[C@@H](CCCN=C(N)N)C(=O)N[C@@H](C=CC(C)=C[C@H](C)[C@H](Cc2ccccc2)OC)[C@H](C)C(=O)N[C@@H](C(=O)O)CCC(=O)N1C. The fraction of sp³-hybridized carbons (Fsp3) is 0.481. The van der Waals surface area contributed by atoms with Gasteiger partial charge in [-0.2, -0.15) is 0 Å². The van der Waals surface area contributed by atoms with Crippen LogP contribution in [-0.2, 0) is 60.7 Å². The number of allylic oxidation sites excluding steroid dienone is 2. The number of amides is 7. The summed E-state index contributed by atoms with van der Waals surface area (Å²) in [4.78, 5) is 127. The molecule has 1 fully saturated rings. The van der Waals surface area contributed by atoms with Crippen molar-refractivity contribution in [3.63, 3.8) is 0 Å². The van der Waals surface area contributed by atoms with Crippen molar-refractivity contribution in [1.29, 1.82) is 0 Å². The lowest BCUT2D eigenvalue weighted by atomic mass is 9.94. The summed E-state index contributed by atoms with van der Waals surface area (Å²) in [6, 6.07) is 6.98. The van der Waals surface area contributed by atoms with Gasteiger partial charge in [-0.1, -0.05) is 93.6 Å². The van der Waals surface area contributed by atoms with Crippen molar-refractivity contribution in [2.24, 2.45) is 34.2 Å². The maximum atomic E-state index is 14.5. The summed E-state index contributed by atoms with van der Waals surface area (Å²) >= 11 is 0. The molecule has 2 aromatic carbocycles. The predicted molar refractivity (Wildman–Crippen MR) is 286 cm³/mol. The number of carboxylic acid groups (broad SMARTS) is 2. The average Bonchev–Trinajstić information content (AvgIpc) is 3.38. The number of benzene rings is 2. The zero-order valence-corrected chi connectivity index (χ0v) is 44.7. The first-order chi connectivity index (χ1) is 36.3. The van der Waals surface area contributed by atoms with E-state index < -0.39 is 120 Å². The Balaban J connectivity index is 2.12. The van der Waals surface area contributed by atoms with Crippen LogP contribution in [0.1, 0.15) is 84.3 Å². The Hall–Kier alpha value is -8.08. The molecule has 2 aromatic rings. The largest absolute Gasteiger partial charge is 0.508 e. The first-order valence-corrected chi connectivity index (χ1v) is 25.3. The smallest absolute Gasteiger partial charge is 0.327 e. The van der Waals surface area contributed by atoms with Crippen molar-refractivity contribution in [2.75, 3.05) is 20.7 Å². The molecule has 0 spiro atoms. The number of carbonyl (C=O) groups excluding carboxylic acids is 7. The molecular formula is C54H76N10O13. The van der Waals surface area contributed by atoms with Gasteiger partial charge in [0.15, 0.2) is 5.96 Å². The number of nitrogens with one attached hydrogen (secondary N) is 6. The second-order valence-electron chi connectivity index (χ2n) is 19.2. The average molecular weight is 1070 g/mol. The van der Waals surface area contributed by atoms with Gasteiger partial charge in [-0.05, 0) is 82.1 Å². The summed E-state index contributed by atoms with van der Waals surface area (Å²) in [5, 5.41) is 45.5. The second-order valence-corrected chi connectivity index (χ2v) is 19.2. The van der Waals surface area contributed by atoms with Gasteiger partial charge in [0, 0.05) is 33.0 Å². The summed E-state index contributed by atoms with van der Waals surface area (Å²) in [6.45, 7) is 11.3. The number of guanidine groups is 1. The molecule has 0 unspecified atom stereocenters. The van der Waals surface area contributed by atoms with Gasteiger partial charge in [0.05, 0.1) is 24.0 Å². The normalized spacial score (nSPS) is 24.1. The molecule has 3 rings (SSSR count). The highest BCUT2D eigenvalue weighted by atomic mass is 16.5. The van der Waals surface area contributed by atoms with Crippen LogP contribution in [0.15, 0.2) is 95.7 Å². The number of hydrogen-bond acceptors (Lipinski definition) is 12. The van der Waals surface area contributed by atoms with Gasteiger partial charge < -0.3 is 68.3 Å². The lowest BCUT2D eigenvalue weighted by Gasteiger charge is -2.28. The van der Waals surface area contributed by atoms with Crippen LogP contribution in [0.4, 0.5) is 0 Å². The van der Waals surface area contributed by atoms with E-state index in [-0.39, 0.29) is 56.0 Å². The maximum absolute atomic E-state index is 14.5. The Labute approximate surface area is 448 Å². The van der Waals surface area contributed by atoms with Crippen molar-refractivity contribution in [1.82, 2.24) is 36.8 Å². The molecule has 1 aliphatic rings. The number of likely N-dealkylation sites (N-methyl/N-ethyl adjacent to an activating group) is 1. The van der Waals surface area contributed by atoms with E-state index in [2.05, 4.69) is 43.5 Å². The van der Waals surface area contributed by atoms with Crippen LogP contribution in [-0.4, -0.2) is 143 Å². The van der Waals surface area contributed by atoms with Crippen LogP contribution in [0.3, 0.4) is 0 Å². The molecule has 23 heteroatoms. The van der Waals surface area contributed by atoms with Crippen molar-refractivity contribution < 1.29 is 63.2 Å². The number of nitrogens with two attached hydrogens (primary N) is 2. The van der Waals surface area contributed by atoms with Gasteiger partial charge in [-0.15, -0.1) is 0 Å². The van der Waals surface area contributed by atoms with Crippen LogP contribution >= 0.6 is 0 Å². The molecule has 420 valence electrons. The van der Waals surface area contributed by atoms with E-state index in [4.69, 9.17) is 16.2 Å². The van der Waals surface area contributed by atoms with Crippen molar-refractivity contribution in [2.45, 2.75) is 128 Å². The Morgan fingerprint density at radius 3 is 1.99 bits per heavy atom. The number of phenolic OH excluding ortho intramolecular Hbond substituents is 1. The third kappa shape index (κ3) is 20.9. The van der Waals surface area contributed by atoms with Crippen molar-refractivity contribution in [3.05, 3.63) is 102 Å². The minimum atomic E-state index is -1.93. The lowest BCUT2D eigenvalue weighted by Crippen LogP contribution is -2.59. The minimum absolute atomic E-state index is 0.00747. The molecule has 10 atom stereocenters. The number of carbonyl (C=O) groups is 9. The zero-order valence-electron chi connectivity index (χ0n) is 44.7. The molecule has 0 radical (unpaired) electrons. The van der Waals surface area contributed by atoms with Crippen LogP contribution in [0.2, 0.25) is 0 Å². The van der Waals surface area contributed by atoms with E-state index in [0.29, 0.717) is 18.4 Å². The summed E-state index contributed by atoms with van der Waals surface area (Å²) in [5.41, 5.74) is 13.2. The number of aliphatic imine (C=N–C) groups is 1. The van der Waals surface area contributed by atoms with Gasteiger partial charge in [0.2, 0.25) is 35.4 Å². The molecule has 0 bridgehead atoms. The molecule has 0 aromatic heterocycles. The number of ether oxygens (including phenoxy) is 1. The number of aliphatic carboxylic acids is 2. The molecule has 1 aliphatic heterocycles. The molecule has 0 aliphatic carbocycles. The maximum Gasteiger partial charge on any atom is 0.327 e. The number of phenols is 1. The highest BCUT2D eigenvalue weighted by molar-refractivity contribution is 6.00. The molecule has 23 nitrogen and oxygen atoms in total. The lowest BCUT2D eigenvalue weighted by molar-refractivity contribution is -0.146. The van der Waals surface area contributed by atoms with Gasteiger partial charge >= 0.3 is 11.9 Å². The standard InChI is InChI=1S/C54H76N10O13/c1-30(28-31(2)43(77-8)29-37-14-10-9-11-15-37)19-24-39-32(3)46(67)62-42(52(73)74)25-26-44(66)64(7)35(6)49(70)58-34(5)48(69)61-40(17-12-16-36-20-22-38(65)23-21-36)51(72)63-45(53(75)76)33(4)47(68)60-41(50(71)59-39)18-13-27-57-54(55)56/h9-11,14-15,19-24,28,31-34,39-43,45,65H,6,12-13,16-18,25-27,29H2,1-5,7-8H3,(H,58,70)(H,59,71)(H,60,68)(H,61,69)(H,62,67)(H,63,72)(H,73,74)(H,75,76)(H4,55,56,57)/t31-,32-,33-,34+,39-,40-,41-,42+,43-,45+/m0/s1. The Morgan fingerprint density at radius 2 is 1.39 bits per heavy atom. The van der Waals surface area contributed by atoms with Crippen LogP contribution in [0.25, 0.3) is 0 Å². The van der Waals surface area contributed by atoms with E-state index >= 15 is 0 Å². The number of hydrogen-bond donors (Lipinski definition) is 11. The molecule has 13 N–H and O–H groups in total. The minimum Gasteiger partial charge on any atom is -0.508 e. The third-order valence-corrected chi connectivity index (χ3v) is 13.1. The van der Waals surface area contributed by atoms with Crippen LogP contribution in [0.5, 0.6) is 5.75 Å². The van der Waals surface area contributed by atoms with Gasteiger partial charge in [0.1, 0.15) is 41.7 Å². The Morgan fingerprint density at radius 1 is 0.792 bits per heavy atom. The molecule has 7 amide bonds. The molecule has 77 heavy (non-hydrogen) atoms. The van der Waals surface area contributed by atoms with Crippen molar-refractivity contribution >= 4 is 59.2 Å². The van der Waals surface area contributed by atoms with E-state index in [0.717, 1.165) is 16.0 Å². The number of aryl methyl sites for hydroxylation is 1. The molecule has 0 saturated carbocycles. The number of carboxylic acids is 2. The molecule has 1 saturated heterocycles. The monoisotopic (exact) mass is 1070 g/mol. The fourth-order valence-corrected chi connectivity index (χ4v) is 8.20. The molecule has 1 heterocycles. The summed E-state index contributed by atoms with van der Waals surface area (Å²) in [6.07, 6.45) is 5.04. The summed E-state index contributed by atoms with van der Waals surface area (Å²) in [5.74, 6) is -12.6. The van der Waals surface area contributed by atoms with Gasteiger partial charge in [-0.3, -0.25) is 38.6 Å². The number of methoxy groups -OCH3 is 1. The van der Waals surface area contributed by atoms with E-state index in [1.165, 1.54) is 46.0 Å². The van der Waals surface area contributed by atoms with E-state index in [1.807, 2.05) is 43.3 Å².